The number of rotatable bonds is 7. The molecule has 0 aromatic heterocycles. The van der Waals surface area contributed by atoms with E-state index in [2.05, 4.69) is 42.7 Å². The Balaban J connectivity index is 1.32. The lowest BCUT2D eigenvalue weighted by molar-refractivity contribution is -0.126. The first kappa shape index (κ1) is 24.9. The third-order valence-corrected chi connectivity index (χ3v) is 7.80. The van der Waals surface area contributed by atoms with Crippen LogP contribution in [0.25, 0.3) is 0 Å². The zero-order valence-corrected chi connectivity index (χ0v) is 21.0. The molecule has 5 heteroatoms. The van der Waals surface area contributed by atoms with Gasteiger partial charge in [0.25, 0.3) is 5.91 Å². The van der Waals surface area contributed by atoms with Gasteiger partial charge < -0.3 is 5.32 Å². The molecule has 2 amide bonds. The van der Waals surface area contributed by atoms with E-state index in [1.54, 1.807) is 5.57 Å². The highest BCUT2D eigenvalue weighted by atomic mass is 16.2. The van der Waals surface area contributed by atoms with Gasteiger partial charge in [0, 0.05) is 12.1 Å². The zero-order valence-electron chi connectivity index (χ0n) is 21.0. The lowest BCUT2D eigenvalue weighted by atomic mass is 9.59. The number of nitrogens with zero attached hydrogens (tertiary/aromatic N) is 1. The fourth-order valence-corrected chi connectivity index (χ4v) is 5.66. The molecular formula is C30H37N3O2. The van der Waals surface area contributed by atoms with Gasteiger partial charge >= 0.3 is 0 Å². The summed E-state index contributed by atoms with van der Waals surface area (Å²) in [6, 6.07) is 19.2. The second-order valence-electron chi connectivity index (χ2n) is 10.7. The van der Waals surface area contributed by atoms with E-state index in [0.717, 1.165) is 24.0 Å². The van der Waals surface area contributed by atoms with Crippen LogP contribution in [-0.4, -0.2) is 24.6 Å². The number of hydrogen-bond donors (Lipinski definition) is 2. The smallest absolute Gasteiger partial charge is 0.259 e. The SMILES string of the molecule is CC1CC2C(=CCCC2(C)C)CC1/C=N/NC(=O)CNC(=O)C(c1ccccc1)c1ccccc1. The first-order valence-corrected chi connectivity index (χ1v) is 12.7. The maximum Gasteiger partial charge on any atom is 0.259 e. The molecule has 0 radical (unpaired) electrons. The molecule has 0 bridgehead atoms. The van der Waals surface area contributed by atoms with Crippen LogP contribution in [-0.2, 0) is 9.59 Å². The predicted octanol–water partition coefficient (Wildman–Crippen LogP) is 5.45. The number of hydrogen-bond acceptors (Lipinski definition) is 3. The van der Waals surface area contributed by atoms with Crippen LogP contribution in [0.4, 0.5) is 0 Å². The minimum atomic E-state index is -0.474. The number of fused-ring (bicyclic) bond motifs is 1. The van der Waals surface area contributed by atoms with E-state index >= 15 is 0 Å². The van der Waals surface area contributed by atoms with Gasteiger partial charge in [0.15, 0.2) is 0 Å². The van der Waals surface area contributed by atoms with Crippen LogP contribution in [0.3, 0.4) is 0 Å². The molecule has 1 saturated carbocycles. The summed E-state index contributed by atoms with van der Waals surface area (Å²) in [7, 11) is 0. The fourth-order valence-electron chi connectivity index (χ4n) is 5.66. The number of hydrazone groups is 1. The number of benzene rings is 2. The molecule has 2 aliphatic carbocycles. The number of allylic oxidation sites excluding steroid dienone is 2. The summed E-state index contributed by atoms with van der Waals surface area (Å²) in [4.78, 5) is 25.5. The highest BCUT2D eigenvalue weighted by Gasteiger charge is 2.40. The molecule has 2 aromatic carbocycles. The summed E-state index contributed by atoms with van der Waals surface area (Å²) in [5.41, 5.74) is 6.31. The third-order valence-electron chi connectivity index (χ3n) is 7.80. The van der Waals surface area contributed by atoms with Crippen LogP contribution in [0.1, 0.15) is 63.5 Å². The molecule has 0 heterocycles. The van der Waals surface area contributed by atoms with Crippen molar-refractivity contribution in [1.82, 2.24) is 10.7 Å². The van der Waals surface area contributed by atoms with Crippen LogP contribution in [0.5, 0.6) is 0 Å². The maximum atomic E-state index is 13.1. The van der Waals surface area contributed by atoms with Gasteiger partial charge in [-0.25, -0.2) is 5.43 Å². The number of amides is 2. The molecule has 5 nitrogen and oxygen atoms in total. The van der Waals surface area contributed by atoms with Gasteiger partial charge in [0.05, 0.1) is 12.5 Å². The van der Waals surface area contributed by atoms with E-state index in [0.29, 0.717) is 23.2 Å². The molecule has 2 N–H and O–H groups in total. The molecular weight excluding hydrogens is 434 g/mol. The van der Waals surface area contributed by atoms with Crippen molar-refractivity contribution in [3.05, 3.63) is 83.4 Å². The third kappa shape index (κ3) is 6.08. The largest absolute Gasteiger partial charge is 0.346 e. The number of carbonyl (C=O) groups is 2. The Hall–Kier alpha value is -3.21. The van der Waals surface area contributed by atoms with Crippen molar-refractivity contribution in [3.8, 4) is 0 Å². The average molecular weight is 472 g/mol. The molecule has 0 spiro atoms. The second-order valence-corrected chi connectivity index (χ2v) is 10.7. The fraction of sp³-hybridized carbons (Fsp3) is 0.433. The summed E-state index contributed by atoms with van der Waals surface area (Å²) in [6.45, 7) is 6.95. The highest BCUT2D eigenvalue weighted by molar-refractivity contribution is 5.90. The maximum absolute atomic E-state index is 13.1. The molecule has 0 aliphatic heterocycles. The van der Waals surface area contributed by atoms with Crippen molar-refractivity contribution in [1.29, 1.82) is 0 Å². The van der Waals surface area contributed by atoms with E-state index < -0.39 is 5.92 Å². The van der Waals surface area contributed by atoms with Crippen molar-refractivity contribution < 1.29 is 9.59 Å². The summed E-state index contributed by atoms with van der Waals surface area (Å²) in [5, 5.41) is 7.04. The molecule has 3 unspecified atom stereocenters. The number of nitrogens with one attached hydrogen (secondary N) is 2. The van der Waals surface area contributed by atoms with Gasteiger partial charge in [-0.05, 0) is 54.1 Å². The predicted molar refractivity (Wildman–Crippen MR) is 141 cm³/mol. The summed E-state index contributed by atoms with van der Waals surface area (Å²) < 4.78 is 0. The first-order chi connectivity index (χ1) is 16.8. The first-order valence-electron chi connectivity index (χ1n) is 12.7. The van der Waals surface area contributed by atoms with E-state index in [1.165, 1.54) is 12.8 Å². The van der Waals surface area contributed by atoms with Crippen molar-refractivity contribution in [3.63, 3.8) is 0 Å². The lowest BCUT2D eigenvalue weighted by Gasteiger charge is -2.46. The Kier molecular flexibility index (Phi) is 7.84. The quantitative estimate of drug-likeness (QED) is 0.320. The van der Waals surface area contributed by atoms with Gasteiger partial charge in [-0.3, -0.25) is 9.59 Å². The Morgan fingerprint density at radius 1 is 1.06 bits per heavy atom. The molecule has 4 rings (SSSR count). The van der Waals surface area contributed by atoms with Gasteiger partial charge in [-0.1, -0.05) is 93.1 Å². The van der Waals surface area contributed by atoms with Crippen molar-refractivity contribution in [2.75, 3.05) is 6.54 Å². The Morgan fingerprint density at radius 3 is 2.31 bits per heavy atom. The monoisotopic (exact) mass is 471 g/mol. The van der Waals surface area contributed by atoms with Crippen molar-refractivity contribution in [2.24, 2.45) is 28.3 Å². The normalized spacial score (nSPS) is 23.4. The summed E-state index contributed by atoms with van der Waals surface area (Å²) in [6.07, 6.45) is 8.90. The lowest BCUT2D eigenvalue weighted by Crippen LogP contribution is -2.38. The molecule has 2 aliphatic rings. The minimum Gasteiger partial charge on any atom is -0.346 e. The van der Waals surface area contributed by atoms with E-state index in [9.17, 15) is 9.59 Å². The average Bonchev–Trinajstić information content (AvgIpc) is 2.85. The van der Waals surface area contributed by atoms with Crippen LogP contribution >= 0.6 is 0 Å². The van der Waals surface area contributed by atoms with Crippen LogP contribution < -0.4 is 10.7 Å². The molecule has 2 aromatic rings. The highest BCUT2D eigenvalue weighted by Crippen LogP contribution is 2.50. The van der Waals surface area contributed by atoms with Crippen LogP contribution in [0.15, 0.2) is 77.4 Å². The van der Waals surface area contributed by atoms with E-state index in [-0.39, 0.29) is 18.4 Å². The Labute approximate surface area is 209 Å². The number of carbonyl (C=O) groups excluding carboxylic acids is 2. The Morgan fingerprint density at radius 2 is 1.69 bits per heavy atom. The van der Waals surface area contributed by atoms with Gasteiger partial charge in [-0.15, -0.1) is 0 Å². The summed E-state index contributed by atoms with van der Waals surface area (Å²) >= 11 is 0. The van der Waals surface area contributed by atoms with Gasteiger partial charge in [0.2, 0.25) is 5.91 Å². The van der Waals surface area contributed by atoms with Crippen molar-refractivity contribution in [2.45, 2.75) is 52.4 Å². The topological polar surface area (TPSA) is 70.6 Å². The Bertz CT molecular complexity index is 1040. The minimum absolute atomic E-state index is 0.117. The molecule has 184 valence electrons. The second kappa shape index (κ2) is 11.0. The van der Waals surface area contributed by atoms with Gasteiger partial charge in [-0.2, -0.15) is 5.10 Å². The van der Waals surface area contributed by atoms with Crippen LogP contribution in [0, 0.1) is 23.2 Å². The van der Waals surface area contributed by atoms with E-state index in [1.807, 2.05) is 66.9 Å². The van der Waals surface area contributed by atoms with Crippen molar-refractivity contribution >= 4 is 18.0 Å². The zero-order chi connectivity index (χ0) is 24.8. The molecule has 35 heavy (non-hydrogen) atoms. The summed E-state index contributed by atoms with van der Waals surface area (Å²) in [5.74, 6) is 0.490. The van der Waals surface area contributed by atoms with Gasteiger partial charge in [0.1, 0.15) is 0 Å². The molecule has 3 atom stereocenters. The standard InChI is InChI=1S/C30H37N3O2/c1-21-17-26-24(15-10-16-30(26,2)3)18-25(21)19-32-33-27(34)20-31-29(35)28(22-11-6-4-7-12-22)23-13-8-5-9-14-23/h4-9,11-15,19,21,25-26,28H,10,16-18,20H2,1-3H3,(H,31,35)(H,33,34)/b32-19+. The molecule has 1 fully saturated rings. The van der Waals surface area contributed by atoms with Crippen LogP contribution in [0.2, 0.25) is 0 Å². The molecule has 0 saturated heterocycles. The van der Waals surface area contributed by atoms with E-state index in [4.69, 9.17) is 0 Å².